The average Bonchev–Trinajstić information content (AvgIpc) is 2.66. The van der Waals surface area contributed by atoms with Gasteiger partial charge in [0.1, 0.15) is 23.9 Å². The zero-order chi connectivity index (χ0) is 18.7. The smallest absolute Gasteiger partial charge is 0.331 e. The molecule has 1 aliphatic heterocycles. The van der Waals surface area contributed by atoms with Gasteiger partial charge in [0.2, 0.25) is 5.91 Å². The van der Waals surface area contributed by atoms with Crippen molar-refractivity contribution in [1.82, 2.24) is 14.5 Å². The van der Waals surface area contributed by atoms with E-state index in [0.29, 0.717) is 25.3 Å². The number of aromatic nitrogens is 2. The number of hydrogen-bond donors (Lipinski definition) is 1. The van der Waals surface area contributed by atoms with Crippen LogP contribution in [0.1, 0.15) is 30.5 Å². The van der Waals surface area contributed by atoms with E-state index in [4.69, 9.17) is 10.00 Å². The Kier molecular flexibility index (Phi) is 4.89. The first-order valence-electron chi connectivity index (χ1n) is 8.30. The number of benzene rings is 1. The van der Waals surface area contributed by atoms with Gasteiger partial charge in [0, 0.05) is 24.7 Å². The minimum absolute atomic E-state index is 0.171. The summed E-state index contributed by atoms with van der Waals surface area (Å²) < 4.78 is 7.58. The Balaban J connectivity index is 1.85. The first kappa shape index (κ1) is 17.5. The normalized spacial score (nSPS) is 15.5. The van der Waals surface area contributed by atoms with Crippen LogP contribution < -0.4 is 21.3 Å². The third-order valence-electron chi connectivity index (χ3n) is 4.29. The van der Waals surface area contributed by atoms with Gasteiger partial charge >= 0.3 is 5.69 Å². The van der Waals surface area contributed by atoms with E-state index in [2.05, 4.69) is 5.32 Å². The molecule has 0 aliphatic carbocycles. The van der Waals surface area contributed by atoms with Crippen molar-refractivity contribution in [2.75, 3.05) is 6.61 Å². The molecule has 0 radical (unpaired) electrons. The topological polar surface area (TPSA) is 106 Å². The summed E-state index contributed by atoms with van der Waals surface area (Å²) in [5.41, 5.74) is -0.685. The number of para-hydroxylation sites is 1. The van der Waals surface area contributed by atoms with Gasteiger partial charge in [-0.3, -0.25) is 14.2 Å². The highest BCUT2D eigenvalue weighted by Gasteiger charge is 2.23. The van der Waals surface area contributed by atoms with Gasteiger partial charge in [0.25, 0.3) is 5.56 Å². The quantitative estimate of drug-likeness (QED) is 0.863. The number of aryl methyl sites for hydroxylation is 1. The molecule has 1 aliphatic rings. The number of hydrogen-bond acceptors (Lipinski definition) is 5. The van der Waals surface area contributed by atoms with Crippen molar-refractivity contribution in [3.63, 3.8) is 0 Å². The monoisotopic (exact) mass is 354 g/mol. The molecule has 0 spiro atoms. The molecule has 2 aromatic rings. The summed E-state index contributed by atoms with van der Waals surface area (Å²) in [6, 6.07) is 8.91. The molecule has 1 aromatic heterocycles. The molecule has 0 fully saturated rings. The zero-order valence-corrected chi connectivity index (χ0v) is 14.3. The third-order valence-corrected chi connectivity index (χ3v) is 4.29. The maximum absolute atomic E-state index is 12.5. The summed E-state index contributed by atoms with van der Waals surface area (Å²) >= 11 is 0. The molecule has 0 saturated carbocycles. The maximum atomic E-state index is 12.5. The van der Waals surface area contributed by atoms with Crippen LogP contribution in [0.15, 0.2) is 40.1 Å². The Bertz CT molecular complexity index is 999. The summed E-state index contributed by atoms with van der Waals surface area (Å²) in [4.78, 5) is 37.0. The molecular weight excluding hydrogens is 336 g/mol. The molecule has 8 nitrogen and oxygen atoms in total. The van der Waals surface area contributed by atoms with E-state index >= 15 is 0 Å². The van der Waals surface area contributed by atoms with Crippen molar-refractivity contribution in [1.29, 1.82) is 5.26 Å². The van der Waals surface area contributed by atoms with Gasteiger partial charge in [-0.25, -0.2) is 9.36 Å². The highest BCUT2D eigenvalue weighted by molar-refractivity contribution is 5.76. The zero-order valence-electron chi connectivity index (χ0n) is 14.3. The van der Waals surface area contributed by atoms with Crippen LogP contribution in [0.25, 0.3) is 0 Å². The number of fused-ring (bicyclic) bond motifs is 1. The lowest BCUT2D eigenvalue weighted by Crippen LogP contribution is -2.45. The summed E-state index contributed by atoms with van der Waals surface area (Å²) in [5, 5.41) is 11.9. The molecular formula is C18H18N4O4. The molecule has 2 heterocycles. The average molecular weight is 354 g/mol. The van der Waals surface area contributed by atoms with Gasteiger partial charge in [-0.2, -0.15) is 5.26 Å². The molecule has 134 valence electrons. The van der Waals surface area contributed by atoms with E-state index in [1.807, 2.05) is 24.3 Å². The van der Waals surface area contributed by atoms with Crippen LogP contribution in [0.5, 0.6) is 5.75 Å². The fourth-order valence-corrected chi connectivity index (χ4v) is 2.97. The Hall–Kier alpha value is -3.34. The lowest BCUT2D eigenvalue weighted by Gasteiger charge is -2.26. The molecule has 1 aromatic carbocycles. The first-order chi connectivity index (χ1) is 12.5. The van der Waals surface area contributed by atoms with Crippen LogP contribution in [0, 0.1) is 11.3 Å². The molecule has 8 heteroatoms. The Morgan fingerprint density at radius 1 is 1.38 bits per heavy atom. The van der Waals surface area contributed by atoms with Gasteiger partial charge in [0.15, 0.2) is 0 Å². The van der Waals surface area contributed by atoms with Gasteiger partial charge in [0.05, 0.1) is 12.6 Å². The van der Waals surface area contributed by atoms with Gasteiger partial charge < -0.3 is 10.1 Å². The number of carbonyl (C=O) groups excluding carboxylic acids is 1. The second kappa shape index (κ2) is 7.27. The van der Waals surface area contributed by atoms with E-state index in [-0.39, 0.29) is 11.6 Å². The van der Waals surface area contributed by atoms with Crippen molar-refractivity contribution in [3.05, 3.63) is 62.4 Å². The Morgan fingerprint density at radius 2 is 2.15 bits per heavy atom. The second-order valence-corrected chi connectivity index (χ2v) is 5.91. The summed E-state index contributed by atoms with van der Waals surface area (Å²) in [7, 11) is 0. The number of nitrogens with one attached hydrogen (secondary N) is 1. The van der Waals surface area contributed by atoms with Gasteiger partial charge in [-0.05, 0) is 13.0 Å². The van der Waals surface area contributed by atoms with Crippen LogP contribution in [0.3, 0.4) is 0 Å². The predicted molar refractivity (Wildman–Crippen MR) is 92.8 cm³/mol. The summed E-state index contributed by atoms with van der Waals surface area (Å²) in [5.74, 6) is 0.240. The molecule has 0 unspecified atom stereocenters. The molecule has 1 atom stereocenters. The number of nitriles is 1. The summed E-state index contributed by atoms with van der Waals surface area (Å²) in [6.07, 6.45) is 1.81. The van der Waals surface area contributed by atoms with Crippen molar-refractivity contribution >= 4 is 5.91 Å². The number of nitrogens with zero attached hydrogens (tertiary/aromatic N) is 3. The highest BCUT2D eigenvalue weighted by atomic mass is 16.5. The molecule has 0 saturated heterocycles. The van der Waals surface area contributed by atoms with E-state index in [1.165, 1.54) is 10.8 Å². The number of amides is 1. The molecule has 1 N–H and O–H groups in total. The van der Waals surface area contributed by atoms with Crippen LogP contribution in [-0.4, -0.2) is 21.6 Å². The van der Waals surface area contributed by atoms with E-state index < -0.39 is 23.7 Å². The second-order valence-electron chi connectivity index (χ2n) is 5.91. The molecule has 26 heavy (non-hydrogen) atoms. The maximum Gasteiger partial charge on any atom is 0.331 e. The summed E-state index contributed by atoms with van der Waals surface area (Å²) in [6.45, 7) is 2.04. The van der Waals surface area contributed by atoms with Gasteiger partial charge in [-0.15, -0.1) is 0 Å². The standard InChI is InChI=1S/C18H18N4O4/c1-2-21-10-12(9-19)17(24)22(18(21)25)11-16(23)20-14-7-8-26-15-6-4-3-5-13(14)15/h3-6,10,14H,2,7-8,11H2,1H3,(H,20,23)/t14-/m0/s1. The van der Waals surface area contributed by atoms with Crippen LogP contribution in [0.2, 0.25) is 0 Å². The van der Waals surface area contributed by atoms with Gasteiger partial charge in [-0.1, -0.05) is 18.2 Å². The minimum atomic E-state index is -0.760. The molecule has 3 rings (SSSR count). The van der Waals surface area contributed by atoms with Crippen molar-refractivity contribution in [3.8, 4) is 11.8 Å². The number of ether oxygens (including phenoxy) is 1. The fourth-order valence-electron chi connectivity index (χ4n) is 2.97. The van der Waals surface area contributed by atoms with Crippen LogP contribution in [-0.2, 0) is 17.9 Å². The highest BCUT2D eigenvalue weighted by Crippen LogP contribution is 2.31. The van der Waals surface area contributed by atoms with Crippen molar-refractivity contribution in [2.24, 2.45) is 0 Å². The van der Waals surface area contributed by atoms with Crippen LogP contribution in [0.4, 0.5) is 0 Å². The first-order valence-corrected chi connectivity index (χ1v) is 8.30. The Morgan fingerprint density at radius 3 is 2.88 bits per heavy atom. The predicted octanol–water partition coefficient (Wildman–Crippen LogP) is 0.542. The molecule has 0 bridgehead atoms. The largest absolute Gasteiger partial charge is 0.493 e. The lowest BCUT2D eigenvalue weighted by atomic mass is 10.0. The number of rotatable bonds is 4. The lowest BCUT2D eigenvalue weighted by molar-refractivity contribution is -0.122. The van der Waals surface area contributed by atoms with Crippen molar-refractivity contribution < 1.29 is 9.53 Å². The SMILES string of the molecule is CCn1cc(C#N)c(=O)n(CC(=O)N[C@H]2CCOc3ccccc32)c1=O. The van der Waals surface area contributed by atoms with Crippen molar-refractivity contribution in [2.45, 2.75) is 32.5 Å². The van der Waals surface area contributed by atoms with Crippen LogP contribution >= 0.6 is 0 Å². The minimum Gasteiger partial charge on any atom is -0.493 e. The molecule has 1 amide bonds. The fraction of sp³-hybridized carbons (Fsp3) is 0.333. The third kappa shape index (κ3) is 3.24. The number of carbonyl (C=O) groups is 1. The van der Waals surface area contributed by atoms with E-state index in [0.717, 1.165) is 10.1 Å². The van der Waals surface area contributed by atoms with E-state index in [1.54, 1.807) is 13.0 Å². The van der Waals surface area contributed by atoms with E-state index in [9.17, 15) is 14.4 Å². The Labute approximate surface area is 149 Å².